The number of nitrogens with zero attached hydrogens (tertiary/aromatic N) is 1. The number of carbonyl (C=O) groups excluding carboxylic acids is 1. The van der Waals surface area contributed by atoms with Crippen LogP contribution in [0.2, 0.25) is 0 Å². The number of thioether (sulfide) groups is 1. The minimum atomic E-state index is 0. The van der Waals surface area contributed by atoms with Crippen LogP contribution in [-0.2, 0) is 6.54 Å². The monoisotopic (exact) mass is 352 g/mol. The van der Waals surface area contributed by atoms with Gasteiger partial charge in [-0.3, -0.25) is 4.79 Å². The smallest absolute Gasteiger partial charge is 0.257 e. The number of nitrogens with two attached hydrogens (primary N) is 1. The quantitative estimate of drug-likeness (QED) is 0.838. The first-order valence-corrected chi connectivity index (χ1v) is 8.49. The topological polar surface area (TPSA) is 59.5 Å². The van der Waals surface area contributed by atoms with Crippen molar-refractivity contribution in [3.63, 3.8) is 0 Å². The predicted octanol–water partition coefficient (Wildman–Crippen LogP) is 3.41. The number of hydrogen-bond acceptors (Lipinski definition) is 4. The molecule has 1 unspecified atom stereocenters. The Labute approximate surface area is 146 Å². The number of halogens is 1. The first-order valence-electron chi connectivity index (χ1n) is 7.51. The standard InChI is InChI=1S/C17H20N2O2S.ClH/c18-9-15-8-14(11-21-15)17(20)19-7-6-13(10-19)12-22-16-4-2-1-3-5-16;/h1-5,8,11,13H,6-7,9-10,12,18H2;1H. The molecule has 0 bridgehead atoms. The fourth-order valence-corrected chi connectivity index (χ4v) is 3.72. The first kappa shape index (κ1) is 17.9. The zero-order valence-electron chi connectivity index (χ0n) is 12.8. The van der Waals surface area contributed by atoms with Gasteiger partial charge in [0.1, 0.15) is 12.0 Å². The van der Waals surface area contributed by atoms with Crippen LogP contribution in [-0.4, -0.2) is 29.6 Å². The molecule has 1 atom stereocenters. The van der Waals surface area contributed by atoms with E-state index in [1.165, 1.54) is 11.2 Å². The van der Waals surface area contributed by atoms with E-state index in [-0.39, 0.29) is 18.3 Å². The molecule has 0 saturated carbocycles. The van der Waals surface area contributed by atoms with Crippen molar-refractivity contribution in [1.82, 2.24) is 4.90 Å². The minimum absolute atomic E-state index is 0. The van der Waals surface area contributed by atoms with Gasteiger partial charge in [0.05, 0.1) is 12.1 Å². The summed E-state index contributed by atoms with van der Waals surface area (Å²) in [5, 5.41) is 0. The molecular formula is C17H21ClN2O2S. The zero-order chi connectivity index (χ0) is 15.4. The van der Waals surface area contributed by atoms with E-state index in [1.54, 1.807) is 6.07 Å². The highest BCUT2D eigenvalue weighted by molar-refractivity contribution is 7.99. The largest absolute Gasteiger partial charge is 0.467 e. The summed E-state index contributed by atoms with van der Waals surface area (Å²) in [5.41, 5.74) is 6.12. The van der Waals surface area contributed by atoms with E-state index in [4.69, 9.17) is 10.2 Å². The van der Waals surface area contributed by atoms with Crippen molar-refractivity contribution in [3.05, 3.63) is 54.0 Å². The van der Waals surface area contributed by atoms with Crippen molar-refractivity contribution in [1.29, 1.82) is 0 Å². The number of likely N-dealkylation sites (tertiary alicyclic amines) is 1. The fraction of sp³-hybridized carbons (Fsp3) is 0.353. The second kappa shape index (κ2) is 8.43. The average Bonchev–Trinajstić information content (AvgIpc) is 3.22. The molecule has 0 radical (unpaired) electrons. The van der Waals surface area contributed by atoms with Crippen molar-refractivity contribution in [3.8, 4) is 0 Å². The summed E-state index contributed by atoms with van der Waals surface area (Å²) in [4.78, 5) is 15.6. The van der Waals surface area contributed by atoms with Crippen LogP contribution >= 0.6 is 24.2 Å². The van der Waals surface area contributed by atoms with Gasteiger partial charge in [-0.2, -0.15) is 0 Å². The third kappa shape index (κ3) is 4.53. The second-order valence-corrected chi connectivity index (χ2v) is 6.63. The molecule has 1 aliphatic heterocycles. The molecule has 2 N–H and O–H groups in total. The van der Waals surface area contributed by atoms with Gasteiger partial charge in [-0.15, -0.1) is 24.2 Å². The third-order valence-electron chi connectivity index (χ3n) is 3.90. The van der Waals surface area contributed by atoms with Gasteiger partial charge in [0.25, 0.3) is 5.91 Å². The molecule has 2 heterocycles. The lowest BCUT2D eigenvalue weighted by Gasteiger charge is -2.15. The Balaban J connectivity index is 0.00000192. The molecular weight excluding hydrogens is 332 g/mol. The van der Waals surface area contributed by atoms with Gasteiger partial charge >= 0.3 is 0 Å². The van der Waals surface area contributed by atoms with Gasteiger partial charge in [0, 0.05) is 23.7 Å². The number of hydrogen-bond donors (Lipinski definition) is 1. The third-order valence-corrected chi connectivity index (χ3v) is 5.15. The molecule has 4 nitrogen and oxygen atoms in total. The molecule has 1 saturated heterocycles. The SMILES string of the molecule is Cl.NCc1cc(C(=O)N2CCC(CSc3ccccc3)C2)co1. The highest BCUT2D eigenvalue weighted by Crippen LogP contribution is 2.26. The molecule has 1 amide bonds. The van der Waals surface area contributed by atoms with E-state index in [0.29, 0.717) is 23.8 Å². The fourth-order valence-electron chi connectivity index (χ4n) is 2.67. The normalized spacial score (nSPS) is 17.1. The van der Waals surface area contributed by atoms with E-state index >= 15 is 0 Å². The van der Waals surface area contributed by atoms with E-state index in [9.17, 15) is 4.79 Å². The van der Waals surface area contributed by atoms with Crippen molar-refractivity contribution in [2.24, 2.45) is 11.7 Å². The van der Waals surface area contributed by atoms with Crippen LogP contribution < -0.4 is 5.73 Å². The van der Waals surface area contributed by atoms with E-state index in [1.807, 2.05) is 22.7 Å². The Morgan fingerprint density at radius 3 is 2.83 bits per heavy atom. The average molecular weight is 353 g/mol. The second-order valence-electron chi connectivity index (χ2n) is 5.54. The van der Waals surface area contributed by atoms with Crippen LogP contribution in [0.1, 0.15) is 22.5 Å². The van der Waals surface area contributed by atoms with Gasteiger partial charge in [-0.25, -0.2) is 0 Å². The van der Waals surface area contributed by atoms with Crippen LogP contribution in [0.25, 0.3) is 0 Å². The molecule has 6 heteroatoms. The van der Waals surface area contributed by atoms with Crippen LogP contribution in [0.4, 0.5) is 0 Å². The van der Waals surface area contributed by atoms with Crippen LogP contribution in [0.5, 0.6) is 0 Å². The maximum atomic E-state index is 12.4. The number of rotatable bonds is 5. The molecule has 2 aromatic rings. The van der Waals surface area contributed by atoms with Crippen LogP contribution in [0.15, 0.2) is 52.0 Å². The van der Waals surface area contributed by atoms with E-state index in [2.05, 4.69) is 24.3 Å². The van der Waals surface area contributed by atoms with Gasteiger partial charge in [0.15, 0.2) is 0 Å². The summed E-state index contributed by atoms with van der Waals surface area (Å²) in [5.74, 6) is 2.30. The number of benzene rings is 1. The molecule has 23 heavy (non-hydrogen) atoms. The van der Waals surface area contributed by atoms with Gasteiger partial charge in [-0.1, -0.05) is 18.2 Å². The summed E-state index contributed by atoms with van der Waals surface area (Å²) < 4.78 is 5.25. The Morgan fingerprint density at radius 1 is 1.35 bits per heavy atom. The minimum Gasteiger partial charge on any atom is -0.467 e. The van der Waals surface area contributed by atoms with Crippen molar-refractivity contribution in [2.45, 2.75) is 17.9 Å². The molecule has 1 aromatic carbocycles. The summed E-state index contributed by atoms with van der Waals surface area (Å²) in [6.07, 6.45) is 2.57. The highest BCUT2D eigenvalue weighted by atomic mass is 35.5. The molecule has 124 valence electrons. The number of furan rings is 1. The summed E-state index contributed by atoms with van der Waals surface area (Å²) >= 11 is 1.86. The van der Waals surface area contributed by atoms with Crippen molar-refractivity contribution < 1.29 is 9.21 Å². The highest BCUT2D eigenvalue weighted by Gasteiger charge is 2.27. The lowest BCUT2D eigenvalue weighted by molar-refractivity contribution is 0.0787. The van der Waals surface area contributed by atoms with Gasteiger partial charge in [0.2, 0.25) is 0 Å². The molecule has 0 aliphatic carbocycles. The maximum Gasteiger partial charge on any atom is 0.257 e. The first-order chi connectivity index (χ1) is 10.8. The van der Waals surface area contributed by atoms with E-state index < -0.39 is 0 Å². The summed E-state index contributed by atoms with van der Waals surface area (Å²) in [6, 6.07) is 12.1. The molecule has 3 rings (SSSR count). The molecule has 1 aromatic heterocycles. The van der Waals surface area contributed by atoms with Crippen molar-refractivity contribution >= 4 is 30.1 Å². The number of amides is 1. The van der Waals surface area contributed by atoms with Crippen LogP contribution in [0.3, 0.4) is 0 Å². The Hall–Kier alpha value is -1.43. The molecule has 0 spiro atoms. The Bertz CT molecular complexity index is 633. The Kier molecular flexibility index (Phi) is 6.57. The predicted molar refractivity (Wildman–Crippen MR) is 95.0 cm³/mol. The van der Waals surface area contributed by atoms with Gasteiger partial charge < -0.3 is 15.1 Å². The molecule has 1 fully saturated rings. The lowest BCUT2D eigenvalue weighted by Crippen LogP contribution is -2.28. The van der Waals surface area contributed by atoms with E-state index in [0.717, 1.165) is 25.3 Å². The summed E-state index contributed by atoms with van der Waals surface area (Å²) in [7, 11) is 0. The zero-order valence-corrected chi connectivity index (χ0v) is 14.4. The molecule has 1 aliphatic rings. The van der Waals surface area contributed by atoms with Crippen molar-refractivity contribution in [2.75, 3.05) is 18.8 Å². The maximum absolute atomic E-state index is 12.4. The number of carbonyl (C=O) groups is 1. The summed E-state index contributed by atoms with van der Waals surface area (Å²) in [6.45, 7) is 1.97. The van der Waals surface area contributed by atoms with Crippen LogP contribution in [0, 0.1) is 5.92 Å². The van der Waals surface area contributed by atoms with Gasteiger partial charge in [-0.05, 0) is 30.5 Å². The lowest BCUT2D eigenvalue weighted by atomic mass is 10.2. The Morgan fingerprint density at radius 2 is 2.13 bits per heavy atom.